The molecule has 0 aromatic heterocycles. The Balaban J connectivity index is 4.02. The Morgan fingerprint density at radius 3 is 1.11 bits per heavy atom. The predicted molar refractivity (Wildman–Crippen MR) is 316 cm³/mol. The van der Waals surface area contributed by atoms with E-state index in [1.54, 1.807) is 6.08 Å². The van der Waals surface area contributed by atoms with Crippen LogP contribution in [0.4, 0.5) is 0 Å². The molecule has 0 saturated heterocycles. The number of nitrogens with zero attached hydrogens (tertiary/aromatic N) is 1. The predicted octanol–water partition coefficient (Wildman–Crippen LogP) is 18.9. The Kier molecular flexibility index (Phi) is 54.1. The number of phosphoric ester groups is 1. The number of quaternary nitrogens is 1. The van der Waals surface area contributed by atoms with Crippen molar-refractivity contribution in [3.05, 3.63) is 48.6 Å². The van der Waals surface area contributed by atoms with Gasteiger partial charge in [-0.2, -0.15) is 0 Å². The van der Waals surface area contributed by atoms with Crippen molar-refractivity contribution in [2.75, 3.05) is 40.9 Å². The number of rotatable bonds is 58. The molecule has 0 aliphatic heterocycles. The third-order valence-corrected chi connectivity index (χ3v) is 15.2. The summed E-state index contributed by atoms with van der Waals surface area (Å²) in [7, 11) is 1.24. The molecule has 0 heterocycles. The lowest BCUT2D eigenvalue weighted by molar-refractivity contribution is -0.870. The summed E-state index contributed by atoms with van der Waals surface area (Å²) < 4.78 is 23.3. The second-order valence-corrected chi connectivity index (χ2v) is 24.2. The topological polar surface area (TPSA) is 108 Å². The van der Waals surface area contributed by atoms with Crippen LogP contribution in [0.1, 0.15) is 303 Å². The average molecular weight is 1050 g/mol. The normalized spacial score (nSPS) is 14.1. The Morgan fingerprint density at radius 1 is 0.466 bits per heavy atom. The van der Waals surface area contributed by atoms with Gasteiger partial charge in [0.1, 0.15) is 13.2 Å². The van der Waals surface area contributed by atoms with Crippen molar-refractivity contribution < 1.29 is 32.9 Å². The van der Waals surface area contributed by atoms with Gasteiger partial charge in [0.25, 0.3) is 7.82 Å². The molecule has 73 heavy (non-hydrogen) atoms. The maximum Gasteiger partial charge on any atom is 0.268 e. The number of allylic oxidation sites excluding steroid dienone is 7. The first-order chi connectivity index (χ1) is 35.5. The molecule has 0 fully saturated rings. The zero-order valence-electron chi connectivity index (χ0n) is 49.1. The Labute approximate surface area is 454 Å². The van der Waals surface area contributed by atoms with Crippen LogP contribution in [0, 0.1) is 0 Å². The van der Waals surface area contributed by atoms with E-state index in [9.17, 15) is 19.4 Å². The number of nitrogens with one attached hydrogen (secondary N) is 1. The molecule has 0 radical (unpaired) electrons. The van der Waals surface area contributed by atoms with Gasteiger partial charge in [-0.3, -0.25) is 9.36 Å². The van der Waals surface area contributed by atoms with Crippen LogP contribution in [0.2, 0.25) is 0 Å². The molecule has 2 N–H and O–H groups in total. The molecular weight excluding hydrogens is 924 g/mol. The molecule has 0 saturated carbocycles. The second-order valence-electron chi connectivity index (χ2n) is 22.7. The quantitative estimate of drug-likeness (QED) is 0.0272. The highest BCUT2D eigenvalue weighted by Crippen LogP contribution is 2.38. The van der Waals surface area contributed by atoms with Crippen molar-refractivity contribution in [2.24, 2.45) is 0 Å². The van der Waals surface area contributed by atoms with Crippen molar-refractivity contribution in [3.63, 3.8) is 0 Å². The number of amides is 1. The van der Waals surface area contributed by atoms with Crippen LogP contribution in [0.5, 0.6) is 0 Å². The monoisotopic (exact) mass is 1050 g/mol. The molecule has 9 heteroatoms. The first kappa shape index (κ1) is 71.5. The smallest absolute Gasteiger partial charge is 0.268 e. The van der Waals surface area contributed by atoms with Crippen LogP contribution in [-0.4, -0.2) is 68.5 Å². The van der Waals surface area contributed by atoms with Gasteiger partial charge in [0.05, 0.1) is 39.9 Å². The number of carbonyl (C=O) groups excluding carboxylic acids is 1. The van der Waals surface area contributed by atoms with E-state index in [1.165, 1.54) is 238 Å². The van der Waals surface area contributed by atoms with E-state index in [1.807, 2.05) is 27.2 Å². The number of aliphatic hydroxyl groups is 1. The third kappa shape index (κ3) is 58.0. The molecule has 3 atom stereocenters. The van der Waals surface area contributed by atoms with Crippen LogP contribution >= 0.6 is 7.82 Å². The zero-order valence-corrected chi connectivity index (χ0v) is 50.0. The lowest BCUT2D eigenvalue weighted by atomic mass is 10.0. The van der Waals surface area contributed by atoms with Gasteiger partial charge in [0.15, 0.2) is 0 Å². The van der Waals surface area contributed by atoms with E-state index in [0.717, 1.165) is 44.9 Å². The lowest BCUT2D eigenvalue weighted by Gasteiger charge is -2.29. The molecule has 0 aliphatic carbocycles. The maximum atomic E-state index is 13.0. The maximum absolute atomic E-state index is 13.0. The fourth-order valence-electron chi connectivity index (χ4n) is 9.30. The molecule has 0 rings (SSSR count). The number of hydrogen-bond acceptors (Lipinski definition) is 6. The Hall–Kier alpha value is -1.54. The van der Waals surface area contributed by atoms with Crippen molar-refractivity contribution in [2.45, 2.75) is 315 Å². The highest BCUT2D eigenvalue weighted by Gasteiger charge is 2.23. The van der Waals surface area contributed by atoms with Gasteiger partial charge in [-0.25, -0.2) is 0 Å². The van der Waals surface area contributed by atoms with Crippen molar-refractivity contribution in [3.8, 4) is 0 Å². The van der Waals surface area contributed by atoms with Gasteiger partial charge in [-0.05, 0) is 70.6 Å². The summed E-state index contributed by atoms with van der Waals surface area (Å²) >= 11 is 0. The van der Waals surface area contributed by atoms with E-state index in [0.29, 0.717) is 17.4 Å². The van der Waals surface area contributed by atoms with Gasteiger partial charge in [0, 0.05) is 6.42 Å². The van der Waals surface area contributed by atoms with Crippen molar-refractivity contribution in [1.82, 2.24) is 5.32 Å². The highest BCUT2D eigenvalue weighted by atomic mass is 31.2. The summed E-state index contributed by atoms with van der Waals surface area (Å²) in [5, 5.41) is 13.9. The zero-order chi connectivity index (χ0) is 53.5. The van der Waals surface area contributed by atoms with Crippen LogP contribution < -0.4 is 10.2 Å². The number of phosphoric acid groups is 1. The minimum absolute atomic E-state index is 0.00866. The summed E-state index contributed by atoms with van der Waals surface area (Å²) in [5.74, 6) is -0.208. The van der Waals surface area contributed by atoms with Gasteiger partial charge in [0.2, 0.25) is 5.91 Å². The second kappa shape index (κ2) is 55.2. The van der Waals surface area contributed by atoms with E-state index in [4.69, 9.17) is 9.05 Å². The summed E-state index contributed by atoms with van der Waals surface area (Å²) in [6.45, 7) is 4.64. The average Bonchev–Trinajstić information content (AvgIpc) is 3.35. The molecule has 0 bridgehead atoms. The third-order valence-electron chi connectivity index (χ3n) is 14.2. The molecule has 0 aromatic rings. The number of likely N-dealkylation sites (N-methyl/N-ethyl adjacent to an activating group) is 1. The van der Waals surface area contributed by atoms with Crippen LogP contribution in [-0.2, 0) is 18.4 Å². The fourth-order valence-corrected chi connectivity index (χ4v) is 10.0. The van der Waals surface area contributed by atoms with Gasteiger partial charge < -0.3 is 28.8 Å². The standard InChI is InChI=1S/C64H123N2O6P/c1-6-8-10-12-14-16-18-20-22-24-25-26-27-28-29-30-31-32-33-34-35-36-37-38-39-40-41-42-44-46-48-50-52-54-56-58-64(68)65-62(61-72-73(69,70)71-60-59-66(3,4)5)63(67)57-55-53-51-49-47-45-43-23-21-19-17-15-13-11-9-7-2/h21,23,30-31,47,49,55,57,62-63,67H,6-20,22,24-29,32-46,48,50-54,56,58-61H2,1-5H3,(H-,65,68,69,70)/b23-21+,31-30-,49-47+,57-55+. The van der Waals surface area contributed by atoms with Gasteiger partial charge >= 0.3 is 0 Å². The van der Waals surface area contributed by atoms with Gasteiger partial charge in [-0.1, -0.05) is 274 Å². The van der Waals surface area contributed by atoms with Crippen molar-refractivity contribution >= 4 is 13.7 Å². The minimum atomic E-state index is -4.61. The van der Waals surface area contributed by atoms with Crippen molar-refractivity contribution in [1.29, 1.82) is 0 Å². The first-order valence-electron chi connectivity index (χ1n) is 31.5. The molecule has 0 aliphatic rings. The molecule has 0 aromatic carbocycles. The van der Waals surface area contributed by atoms with E-state index >= 15 is 0 Å². The lowest BCUT2D eigenvalue weighted by Crippen LogP contribution is -2.45. The first-order valence-corrected chi connectivity index (χ1v) is 33.0. The number of hydrogen-bond donors (Lipinski definition) is 2. The number of unbranched alkanes of at least 4 members (excludes halogenated alkanes) is 39. The van der Waals surface area contributed by atoms with Crippen LogP contribution in [0.25, 0.3) is 0 Å². The Morgan fingerprint density at radius 2 is 0.767 bits per heavy atom. The van der Waals surface area contributed by atoms with E-state index < -0.39 is 26.6 Å². The Bertz CT molecular complexity index is 1330. The number of carbonyl (C=O) groups is 1. The molecular formula is C64H123N2O6P. The van der Waals surface area contributed by atoms with E-state index in [-0.39, 0.29) is 12.5 Å². The molecule has 3 unspecified atom stereocenters. The fraction of sp³-hybridized carbons (Fsp3) is 0.859. The summed E-state index contributed by atoms with van der Waals surface area (Å²) in [6, 6.07) is -0.909. The number of aliphatic hydroxyl groups excluding tert-OH is 1. The summed E-state index contributed by atoms with van der Waals surface area (Å²) in [6.07, 6.45) is 73.7. The largest absolute Gasteiger partial charge is 0.756 e. The summed E-state index contributed by atoms with van der Waals surface area (Å²) in [4.78, 5) is 25.5. The van der Waals surface area contributed by atoms with Crippen LogP contribution in [0.3, 0.4) is 0 Å². The minimum Gasteiger partial charge on any atom is -0.756 e. The molecule has 1 amide bonds. The SMILES string of the molecule is CCCCCCCC/C=C/CC/C=C/CC/C=C/C(O)C(COP(=O)([O-])OCC[N+](C)(C)C)NC(=O)CCCCCCCCCCCCCCCCCCC/C=C\CCCCCCCCCCCCCCCC. The molecule has 8 nitrogen and oxygen atoms in total. The van der Waals surface area contributed by atoms with E-state index in [2.05, 4.69) is 55.6 Å². The highest BCUT2D eigenvalue weighted by molar-refractivity contribution is 7.45. The van der Waals surface area contributed by atoms with Crippen LogP contribution in [0.15, 0.2) is 48.6 Å². The molecule has 0 spiro atoms. The van der Waals surface area contributed by atoms with Gasteiger partial charge in [-0.15, -0.1) is 0 Å². The summed E-state index contributed by atoms with van der Waals surface area (Å²) in [5.41, 5.74) is 0. The molecule has 430 valence electrons.